The maximum Gasteiger partial charge on any atom is 0.337 e. The summed E-state index contributed by atoms with van der Waals surface area (Å²) in [6.07, 6.45) is 1.19. The molecule has 2 rings (SSSR count). The van der Waals surface area contributed by atoms with Gasteiger partial charge in [0.05, 0.1) is 5.56 Å². The first kappa shape index (κ1) is 16.7. The maximum absolute atomic E-state index is 12.3. The van der Waals surface area contributed by atoms with Crippen molar-refractivity contribution in [2.24, 2.45) is 0 Å². The van der Waals surface area contributed by atoms with Crippen LogP contribution in [0.15, 0.2) is 28.8 Å². The van der Waals surface area contributed by atoms with Crippen LogP contribution in [0.4, 0.5) is 5.82 Å². The molecule has 0 saturated carbocycles. The summed E-state index contributed by atoms with van der Waals surface area (Å²) in [6.45, 7) is 8.12. The number of pyridine rings is 1. The summed E-state index contributed by atoms with van der Waals surface area (Å²) in [6, 6.07) is 4.57. The smallest absolute Gasteiger partial charge is 0.337 e. The maximum atomic E-state index is 12.3. The predicted molar refractivity (Wildman–Crippen MR) is 86.0 cm³/mol. The number of nitrogens with zero attached hydrogens (tertiary/aromatic N) is 1. The minimum Gasteiger partial charge on any atom is -0.478 e. The van der Waals surface area contributed by atoms with Gasteiger partial charge >= 0.3 is 5.97 Å². The number of amides is 1. The summed E-state index contributed by atoms with van der Waals surface area (Å²) in [4.78, 5) is 27.0. The fourth-order valence-electron chi connectivity index (χ4n) is 2.21. The second kappa shape index (κ2) is 6.64. The summed E-state index contributed by atoms with van der Waals surface area (Å²) in [5.74, 6) is 0.265. The van der Waals surface area contributed by atoms with E-state index in [-0.39, 0.29) is 29.0 Å². The van der Waals surface area contributed by atoms with Crippen molar-refractivity contribution >= 4 is 17.7 Å². The van der Waals surface area contributed by atoms with Gasteiger partial charge < -0.3 is 14.8 Å². The van der Waals surface area contributed by atoms with Crippen molar-refractivity contribution in [2.45, 2.75) is 39.5 Å². The first-order valence-corrected chi connectivity index (χ1v) is 7.44. The largest absolute Gasteiger partial charge is 0.478 e. The minimum atomic E-state index is -1.07. The molecule has 0 saturated heterocycles. The molecule has 2 N–H and O–H groups in total. The average molecular weight is 316 g/mol. The highest BCUT2D eigenvalue weighted by Crippen LogP contribution is 2.29. The Balaban J connectivity index is 2.20. The van der Waals surface area contributed by atoms with Gasteiger partial charge in [-0.25, -0.2) is 9.78 Å². The predicted octanol–water partition coefficient (Wildman–Crippen LogP) is 3.87. The van der Waals surface area contributed by atoms with E-state index in [1.807, 2.05) is 27.7 Å². The number of nitrogens with one attached hydrogen (secondary N) is 1. The molecule has 23 heavy (non-hydrogen) atoms. The number of carbonyl (C=O) groups is 2. The van der Waals surface area contributed by atoms with E-state index in [0.717, 1.165) is 11.3 Å². The van der Waals surface area contributed by atoms with Gasteiger partial charge in [-0.1, -0.05) is 27.7 Å². The molecule has 0 aliphatic heterocycles. The van der Waals surface area contributed by atoms with Gasteiger partial charge in [0, 0.05) is 12.1 Å². The highest BCUT2D eigenvalue weighted by atomic mass is 16.4. The lowest BCUT2D eigenvalue weighted by Gasteiger charge is -2.07. The van der Waals surface area contributed by atoms with E-state index in [2.05, 4.69) is 10.3 Å². The fourth-order valence-corrected chi connectivity index (χ4v) is 2.21. The second-order valence-corrected chi connectivity index (χ2v) is 5.93. The van der Waals surface area contributed by atoms with Crippen molar-refractivity contribution < 1.29 is 19.1 Å². The van der Waals surface area contributed by atoms with Crippen LogP contribution in [0.5, 0.6) is 0 Å². The molecule has 0 radical (unpaired) electrons. The number of hydrogen-bond acceptors (Lipinski definition) is 4. The van der Waals surface area contributed by atoms with Gasteiger partial charge in [0.2, 0.25) is 0 Å². The van der Waals surface area contributed by atoms with E-state index < -0.39 is 11.9 Å². The van der Waals surface area contributed by atoms with Crippen LogP contribution in [0.2, 0.25) is 0 Å². The first-order valence-electron chi connectivity index (χ1n) is 7.44. The molecule has 6 nitrogen and oxygen atoms in total. The Hall–Kier alpha value is -2.63. The second-order valence-electron chi connectivity index (χ2n) is 5.93. The van der Waals surface area contributed by atoms with Gasteiger partial charge in [-0.05, 0) is 29.7 Å². The van der Waals surface area contributed by atoms with Crippen LogP contribution in [0.25, 0.3) is 0 Å². The normalized spacial score (nSPS) is 11.0. The topological polar surface area (TPSA) is 92.4 Å². The van der Waals surface area contributed by atoms with E-state index in [1.165, 1.54) is 18.3 Å². The molecule has 0 spiro atoms. The van der Waals surface area contributed by atoms with Crippen LogP contribution in [0, 0.1) is 0 Å². The van der Waals surface area contributed by atoms with Gasteiger partial charge in [-0.3, -0.25) is 4.79 Å². The van der Waals surface area contributed by atoms with E-state index in [4.69, 9.17) is 9.52 Å². The SMILES string of the molecule is CC(C)c1cc(C(=O)Nc2ccc(C(=O)O)cn2)oc1C(C)C. The highest BCUT2D eigenvalue weighted by Gasteiger charge is 2.20. The van der Waals surface area contributed by atoms with E-state index >= 15 is 0 Å². The van der Waals surface area contributed by atoms with Crippen LogP contribution in [-0.4, -0.2) is 22.0 Å². The molecule has 0 fully saturated rings. The lowest BCUT2D eigenvalue weighted by Crippen LogP contribution is -2.12. The summed E-state index contributed by atoms with van der Waals surface area (Å²) in [7, 11) is 0. The third-order valence-electron chi connectivity index (χ3n) is 3.41. The minimum absolute atomic E-state index is 0.0604. The zero-order chi connectivity index (χ0) is 17.1. The number of carboxylic acid groups (broad SMARTS) is 1. The van der Waals surface area contributed by atoms with Crippen molar-refractivity contribution in [3.8, 4) is 0 Å². The number of carbonyl (C=O) groups excluding carboxylic acids is 1. The number of hydrogen-bond donors (Lipinski definition) is 2. The molecule has 6 heteroatoms. The molecule has 2 aromatic rings. The molecule has 0 bridgehead atoms. The molecule has 1 amide bonds. The Morgan fingerprint density at radius 2 is 1.87 bits per heavy atom. The van der Waals surface area contributed by atoms with Gasteiger partial charge in [0.15, 0.2) is 5.76 Å². The summed E-state index contributed by atoms with van der Waals surface area (Å²) >= 11 is 0. The van der Waals surface area contributed by atoms with Crippen molar-refractivity contribution in [2.75, 3.05) is 5.32 Å². The number of furan rings is 1. The lowest BCUT2D eigenvalue weighted by molar-refractivity contribution is 0.0696. The highest BCUT2D eigenvalue weighted by molar-refractivity contribution is 6.02. The zero-order valence-corrected chi connectivity index (χ0v) is 13.6. The number of aromatic nitrogens is 1. The molecule has 2 aromatic heterocycles. The summed E-state index contributed by atoms with van der Waals surface area (Å²) in [5, 5.41) is 11.4. The van der Waals surface area contributed by atoms with Crippen molar-refractivity contribution in [1.29, 1.82) is 0 Å². The monoisotopic (exact) mass is 316 g/mol. The fraction of sp³-hybridized carbons (Fsp3) is 0.353. The van der Waals surface area contributed by atoms with Crippen LogP contribution in [0.1, 0.15) is 71.8 Å². The standard InChI is InChI=1S/C17H20N2O4/c1-9(2)12-7-13(23-15(12)10(3)4)16(20)19-14-6-5-11(8-18-14)17(21)22/h5-10H,1-4H3,(H,21,22)(H,18,19,20). The zero-order valence-electron chi connectivity index (χ0n) is 13.6. The van der Waals surface area contributed by atoms with Gasteiger partial charge in [-0.2, -0.15) is 0 Å². The van der Waals surface area contributed by atoms with Crippen LogP contribution in [-0.2, 0) is 0 Å². The number of rotatable bonds is 5. The van der Waals surface area contributed by atoms with Crippen molar-refractivity contribution in [1.82, 2.24) is 4.98 Å². The van der Waals surface area contributed by atoms with Crippen molar-refractivity contribution in [3.63, 3.8) is 0 Å². The molecule has 0 aliphatic rings. The molecular weight excluding hydrogens is 296 g/mol. The van der Waals surface area contributed by atoms with Crippen LogP contribution < -0.4 is 5.32 Å². The summed E-state index contributed by atoms with van der Waals surface area (Å²) < 4.78 is 5.70. The van der Waals surface area contributed by atoms with E-state index in [9.17, 15) is 9.59 Å². The number of aromatic carboxylic acids is 1. The molecular formula is C17H20N2O4. The lowest BCUT2D eigenvalue weighted by atomic mass is 9.98. The summed E-state index contributed by atoms with van der Waals surface area (Å²) in [5.41, 5.74) is 1.07. The molecule has 0 aromatic carbocycles. The Kier molecular flexibility index (Phi) is 4.83. The number of anilines is 1. The van der Waals surface area contributed by atoms with E-state index in [0.29, 0.717) is 0 Å². The Bertz CT molecular complexity index is 689. The van der Waals surface area contributed by atoms with E-state index in [1.54, 1.807) is 6.07 Å². The Morgan fingerprint density at radius 1 is 1.17 bits per heavy atom. The quantitative estimate of drug-likeness (QED) is 0.873. The van der Waals surface area contributed by atoms with Gasteiger partial charge in [-0.15, -0.1) is 0 Å². The molecule has 0 unspecified atom stereocenters. The molecule has 0 aliphatic carbocycles. The molecule has 2 heterocycles. The third kappa shape index (κ3) is 3.77. The average Bonchev–Trinajstić information content (AvgIpc) is 2.93. The van der Waals surface area contributed by atoms with Crippen molar-refractivity contribution in [3.05, 3.63) is 47.0 Å². The molecule has 0 atom stereocenters. The Labute approximate surface area is 134 Å². The van der Waals surface area contributed by atoms with Crippen LogP contribution >= 0.6 is 0 Å². The van der Waals surface area contributed by atoms with Gasteiger partial charge in [0.25, 0.3) is 5.91 Å². The van der Waals surface area contributed by atoms with Crippen LogP contribution in [0.3, 0.4) is 0 Å². The van der Waals surface area contributed by atoms with Gasteiger partial charge in [0.1, 0.15) is 11.6 Å². The number of carboxylic acids is 1. The first-order chi connectivity index (χ1) is 10.8. The third-order valence-corrected chi connectivity index (χ3v) is 3.41. The Morgan fingerprint density at radius 3 is 2.30 bits per heavy atom. The molecule has 122 valence electrons.